The van der Waals surface area contributed by atoms with Crippen LogP contribution in [-0.4, -0.2) is 41.9 Å². The normalized spacial score (nSPS) is 16.9. The SMILES string of the molecule is CCN(Cc1ccccc1)C(=O)CCN1CCC(C)CC1. The lowest BCUT2D eigenvalue weighted by atomic mass is 9.99. The van der Waals surface area contributed by atoms with E-state index in [1.54, 1.807) is 0 Å². The topological polar surface area (TPSA) is 23.6 Å². The third-order valence-corrected chi connectivity index (χ3v) is 4.47. The highest BCUT2D eigenvalue weighted by molar-refractivity contribution is 5.76. The highest BCUT2D eigenvalue weighted by Crippen LogP contribution is 2.16. The predicted octanol–water partition coefficient (Wildman–Crippen LogP) is 3.16. The van der Waals surface area contributed by atoms with E-state index in [4.69, 9.17) is 0 Å². The molecule has 0 unspecified atom stereocenters. The Hall–Kier alpha value is -1.35. The van der Waals surface area contributed by atoms with Crippen LogP contribution >= 0.6 is 0 Å². The highest BCUT2D eigenvalue weighted by Gasteiger charge is 2.18. The van der Waals surface area contributed by atoms with Gasteiger partial charge < -0.3 is 9.80 Å². The monoisotopic (exact) mass is 288 g/mol. The summed E-state index contributed by atoms with van der Waals surface area (Å²) in [7, 11) is 0. The second-order valence-corrected chi connectivity index (χ2v) is 6.17. The van der Waals surface area contributed by atoms with Gasteiger partial charge in [-0.25, -0.2) is 0 Å². The first-order chi connectivity index (χ1) is 10.2. The molecule has 1 aliphatic heterocycles. The van der Waals surface area contributed by atoms with Crippen LogP contribution in [0.3, 0.4) is 0 Å². The van der Waals surface area contributed by atoms with Gasteiger partial charge in [0, 0.05) is 26.1 Å². The van der Waals surface area contributed by atoms with Crippen molar-refractivity contribution < 1.29 is 4.79 Å². The van der Waals surface area contributed by atoms with Gasteiger partial charge in [-0.1, -0.05) is 37.3 Å². The Morgan fingerprint density at radius 1 is 1.24 bits per heavy atom. The number of rotatable bonds is 6. The number of hydrogen-bond donors (Lipinski definition) is 0. The molecule has 1 aromatic rings. The fraction of sp³-hybridized carbons (Fsp3) is 0.611. The van der Waals surface area contributed by atoms with Crippen LogP contribution in [0.2, 0.25) is 0 Å². The van der Waals surface area contributed by atoms with E-state index in [2.05, 4.69) is 30.9 Å². The zero-order valence-corrected chi connectivity index (χ0v) is 13.4. The molecule has 1 aromatic carbocycles. The zero-order valence-electron chi connectivity index (χ0n) is 13.4. The Labute approximate surface area is 128 Å². The number of hydrogen-bond acceptors (Lipinski definition) is 2. The van der Waals surface area contributed by atoms with Crippen molar-refractivity contribution in [3.63, 3.8) is 0 Å². The lowest BCUT2D eigenvalue weighted by Crippen LogP contribution is -2.37. The average molecular weight is 288 g/mol. The molecule has 0 saturated carbocycles. The number of carbonyl (C=O) groups is 1. The van der Waals surface area contributed by atoms with Gasteiger partial charge in [-0.15, -0.1) is 0 Å². The molecule has 0 N–H and O–H groups in total. The van der Waals surface area contributed by atoms with Crippen LogP contribution in [0.1, 0.15) is 38.7 Å². The van der Waals surface area contributed by atoms with Gasteiger partial charge in [0.05, 0.1) is 0 Å². The Kier molecular flexibility index (Phi) is 6.24. The fourth-order valence-electron chi connectivity index (χ4n) is 2.88. The van der Waals surface area contributed by atoms with Crippen LogP contribution in [0.4, 0.5) is 0 Å². The first-order valence-electron chi connectivity index (χ1n) is 8.23. The summed E-state index contributed by atoms with van der Waals surface area (Å²) in [5, 5.41) is 0. The van der Waals surface area contributed by atoms with E-state index < -0.39 is 0 Å². The van der Waals surface area contributed by atoms with Crippen molar-refractivity contribution in [1.29, 1.82) is 0 Å². The molecule has 1 amide bonds. The summed E-state index contributed by atoms with van der Waals surface area (Å²) in [5.74, 6) is 1.13. The third kappa shape index (κ3) is 5.16. The van der Waals surface area contributed by atoms with Gasteiger partial charge in [0.25, 0.3) is 0 Å². The highest BCUT2D eigenvalue weighted by atomic mass is 16.2. The van der Waals surface area contributed by atoms with Crippen LogP contribution in [0.25, 0.3) is 0 Å². The first kappa shape index (κ1) is 16.0. The van der Waals surface area contributed by atoms with E-state index in [1.165, 1.54) is 18.4 Å². The summed E-state index contributed by atoms with van der Waals surface area (Å²) in [6.07, 6.45) is 3.19. The second kappa shape index (κ2) is 8.18. The largest absolute Gasteiger partial charge is 0.339 e. The van der Waals surface area contributed by atoms with Crippen LogP contribution in [-0.2, 0) is 11.3 Å². The molecule has 0 bridgehead atoms. The Morgan fingerprint density at radius 2 is 1.90 bits per heavy atom. The van der Waals surface area contributed by atoms with E-state index in [9.17, 15) is 4.79 Å². The van der Waals surface area contributed by atoms with Gasteiger partial charge in [0.1, 0.15) is 0 Å². The molecule has 0 atom stereocenters. The first-order valence-corrected chi connectivity index (χ1v) is 8.23. The number of nitrogens with zero attached hydrogens (tertiary/aromatic N) is 2. The predicted molar refractivity (Wildman–Crippen MR) is 87.0 cm³/mol. The quantitative estimate of drug-likeness (QED) is 0.803. The molecule has 21 heavy (non-hydrogen) atoms. The molecule has 3 nitrogen and oxygen atoms in total. The molecule has 3 heteroatoms. The standard InChI is InChI=1S/C18H28N2O/c1-3-20(15-17-7-5-4-6-8-17)18(21)11-14-19-12-9-16(2)10-13-19/h4-8,16H,3,9-15H2,1-2H3. The number of carbonyl (C=O) groups excluding carboxylic acids is 1. The van der Waals surface area contributed by atoms with Gasteiger partial charge in [0.15, 0.2) is 0 Å². The lowest BCUT2D eigenvalue weighted by Gasteiger charge is -2.30. The van der Waals surface area contributed by atoms with Crippen molar-refractivity contribution in [3.8, 4) is 0 Å². The number of amides is 1. The summed E-state index contributed by atoms with van der Waals surface area (Å²) in [5.41, 5.74) is 1.21. The van der Waals surface area contributed by atoms with Gasteiger partial charge in [-0.05, 0) is 44.3 Å². The van der Waals surface area contributed by atoms with Gasteiger partial charge in [-0.2, -0.15) is 0 Å². The van der Waals surface area contributed by atoms with Gasteiger partial charge in [-0.3, -0.25) is 4.79 Å². The van der Waals surface area contributed by atoms with Crippen molar-refractivity contribution in [2.24, 2.45) is 5.92 Å². The third-order valence-electron chi connectivity index (χ3n) is 4.47. The maximum atomic E-state index is 12.4. The van der Waals surface area contributed by atoms with Crippen molar-refractivity contribution in [3.05, 3.63) is 35.9 Å². The van der Waals surface area contributed by atoms with E-state index >= 15 is 0 Å². The molecule has 0 aromatic heterocycles. The van der Waals surface area contributed by atoms with Crippen LogP contribution in [0.5, 0.6) is 0 Å². The maximum Gasteiger partial charge on any atom is 0.224 e. The summed E-state index contributed by atoms with van der Waals surface area (Å²) in [6.45, 7) is 9.11. The smallest absolute Gasteiger partial charge is 0.224 e. The molecule has 2 rings (SSSR count). The summed E-state index contributed by atoms with van der Waals surface area (Å²) < 4.78 is 0. The second-order valence-electron chi connectivity index (χ2n) is 6.17. The summed E-state index contributed by atoms with van der Waals surface area (Å²) >= 11 is 0. The minimum atomic E-state index is 0.278. The summed E-state index contributed by atoms with van der Waals surface area (Å²) in [6, 6.07) is 10.2. The van der Waals surface area contributed by atoms with E-state index in [0.29, 0.717) is 6.42 Å². The number of piperidine rings is 1. The lowest BCUT2D eigenvalue weighted by molar-refractivity contribution is -0.132. The molecule has 116 valence electrons. The van der Waals surface area contributed by atoms with Gasteiger partial charge in [0.2, 0.25) is 5.91 Å². The Morgan fingerprint density at radius 3 is 2.52 bits per heavy atom. The van der Waals surface area contributed by atoms with Crippen molar-refractivity contribution in [2.45, 2.75) is 39.7 Å². The minimum Gasteiger partial charge on any atom is -0.339 e. The van der Waals surface area contributed by atoms with Crippen LogP contribution < -0.4 is 0 Å². The van der Waals surface area contributed by atoms with Crippen molar-refractivity contribution >= 4 is 5.91 Å². The van der Waals surface area contributed by atoms with Crippen LogP contribution in [0.15, 0.2) is 30.3 Å². The molecule has 1 aliphatic rings. The van der Waals surface area contributed by atoms with E-state index in [0.717, 1.165) is 38.6 Å². The molecule has 0 aliphatic carbocycles. The Bertz CT molecular complexity index is 424. The fourth-order valence-corrected chi connectivity index (χ4v) is 2.88. The van der Waals surface area contributed by atoms with Crippen molar-refractivity contribution in [1.82, 2.24) is 9.80 Å². The zero-order chi connectivity index (χ0) is 15.1. The maximum absolute atomic E-state index is 12.4. The molecule has 1 saturated heterocycles. The molecule has 1 fully saturated rings. The minimum absolute atomic E-state index is 0.278. The number of benzene rings is 1. The molecular formula is C18H28N2O. The molecule has 0 spiro atoms. The van der Waals surface area contributed by atoms with Crippen LogP contribution in [0, 0.1) is 5.92 Å². The molecule has 0 radical (unpaired) electrons. The molecular weight excluding hydrogens is 260 g/mol. The summed E-state index contributed by atoms with van der Waals surface area (Å²) in [4.78, 5) is 16.8. The van der Waals surface area contributed by atoms with Gasteiger partial charge >= 0.3 is 0 Å². The molecule has 1 heterocycles. The Balaban J connectivity index is 1.77. The van der Waals surface area contributed by atoms with E-state index in [1.807, 2.05) is 23.1 Å². The average Bonchev–Trinajstić information content (AvgIpc) is 2.52. The van der Waals surface area contributed by atoms with E-state index in [-0.39, 0.29) is 5.91 Å². The van der Waals surface area contributed by atoms with Crippen molar-refractivity contribution in [2.75, 3.05) is 26.2 Å². The number of likely N-dealkylation sites (tertiary alicyclic amines) is 1.